The molecule has 2 N–H and O–H groups in total. The normalized spacial score (nSPS) is 19.4. The van der Waals surface area contributed by atoms with Gasteiger partial charge < -0.3 is 5.73 Å². The van der Waals surface area contributed by atoms with Gasteiger partial charge in [-0.3, -0.25) is 9.89 Å². The fourth-order valence-corrected chi connectivity index (χ4v) is 3.80. The van der Waals surface area contributed by atoms with Gasteiger partial charge >= 0.3 is 0 Å². The molecule has 21 heavy (non-hydrogen) atoms. The first kappa shape index (κ1) is 18.5. The van der Waals surface area contributed by atoms with Crippen LogP contribution in [0.25, 0.3) is 0 Å². The lowest BCUT2D eigenvalue weighted by Crippen LogP contribution is -2.36. The van der Waals surface area contributed by atoms with Crippen molar-refractivity contribution in [3.63, 3.8) is 0 Å². The molecule has 0 aromatic rings. The number of rotatable bonds is 4. The Morgan fingerprint density at radius 1 is 1.38 bits per heavy atom. The zero-order valence-corrected chi connectivity index (χ0v) is 15.8. The lowest BCUT2D eigenvalue weighted by atomic mass is 9.84. The molecule has 0 spiro atoms. The third-order valence-corrected chi connectivity index (χ3v) is 4.33. The summed E-state index contributed by atoms with van der Waals surface area (Å²) in [5.74, 6) is 1.01. The maximum absolute atomic E-state index is 5.73. The predicted octanol–water partition coefficient (Wildman–Crippen LogP) is 4.04. The zero-order chi connectivity index (χ0) is 16.3. The van der Waals surface area contributed by atoms with E-state index in [9.17, 15) is 0 Å². The zero-order valence-electron chi connectivity index (χ0n) is 14.2. The van der Waals surface area contributed by atoms with E-state index in [0.717, 1.165) is 30.4 Å². The minimum atomic E-state index is 0.0490. The molecule has 0 radical (unpaired) electrons. The number of allylic oxidation sites excluding steroid dienone is 1. The van der Waals surface area contributed by atoms with Gasteiger partial charge in [0.1, 0.15) is 0 Å². The highest BCUT2D eigenvalue weighted by atomic mass is 32.2. The Balaban J connectivity index is 2.72. The Kier molecular flexibility index (Phi) is 6.29. The summed E-state index contributed by atoms with van der Waals surface area (Å²) in [7, 11) is 0. The lowest BCUT2D eigenvalue weighted by molar-refractivity contribution is 0.403. The first-order valence-electron chi connectivity index (χ1n) is 7.43. The summed E-state index contributed by atoms with van der Waals surface area (Å²) in [6.45, 7) is 15.1. The molecule has 1 rings (SSSR count). The van der Waals surface area contributed by atoms with Crippen molar-refractivity contribution >= 4 is 34.3 Å². The van der Waals surface area contributed by atoms with Crippen LogP contribution in [-0.2, 0) is 0 Å². The van der Waals surface area contributed by atoms with Crippen LogP contribution in [0.3, 0.4) is 0 Å². The fourth-order valence-electron chi connectivity index (χ4n) is 2.61. The van der Waals surface area contributed by atoms with E-state index in [1.807, 2.05) is 4.90 Å². The van der Waals surface area contributed by atoms with Gasteiger partial charge in [-0.1, -0.05) is 58.0 Å². The minimum Gasteiger partial charge on any atom is -0.376 e. The van der Waals surface area contributed by atoms with Crippen molar-refractivity contribution in [3.05, 3.63) is 11.6 Å². The number of thiocarbonyl (C=S) groups is 1. The smallest absolute Gasteiger partial charge is 0.172 e. The quantitative estimate of drug-likeness (QED) is 0.625. The Hall–Kier alpha value is -0.550. The van der Waals surface area contributed by atoms with Crippen LogP contribution in [-0.4, -0.2) is 34.0 Å². The average molecular weight is 328 g/mol. The Morgan fingerprint density at radius 2 is 2.00 bits per heavy atom. The van der Waals surface area contributed by atoms with E-state index in [-0.39, 0.29) is 5.41 Å². The second kappa shape index (κ2) is 7.14. The summed E-state index contributed by atoms with van der Waals surface area (Å²) in [6, 6.07) is 0. The molecule has 0 aromatic heterocycles. The van der Waals surface area contributed by atoms with Crippen LogP contribution in [0.1, 0.15) is 48.0 Å². The molecule has 1 saturated heterocycles. The van der Waals surface area contributed by atoms with E-state index in [4.69, 9.17) is 22.9 Å². The molecule has 5 heteroatoms. The van der Waals surface area contributed by atoms with Crippen molar-refractivity contribution in [3.8, 4) is 0 Å². The highest BCUT2D eigenvalue weighted by molar-refractivity contribution is 8.14. The van der Waals surface area contributed by atoms with Crippen LogP contribution in [0.2, 0.25) is 0 Å². The molecule has 3 nitrogen and oxygen atoms in total. The molecule has 1 aliphatic rings. The average Bonchev–Trinajstić information content (AvgIpc) is 2.70. The van der Waals surface area contributed by atoms with E-state index in [2.05, 4.69) is 47.6 Å². The van der Waals surface area contributed by atoms with Gasteiger partial charge in [-0.05, 0) is 31.0 Å². The summed E-state index contributed by atoms with van der Waals surface area (Å²) in [5, 5.41) is 1.40. The highest BCUT2D eigenvalue weighted by Crippen LogP contribution is 2.28. The first-order valence-corrected chi connectivity index (χ1v) is 8.82. The van der Waals surface area contributed by atoms with Crippen LogP contribution < -0.4 is 5.73 Å². The summed E-state index contributed by atoms with van der Waals surface area (Å²) in [6.07, 6.45) is 3.47. The number of nitrogens with two attached hydrogens (primary N) is 1. The van der Waals surface area contributed by atoms with E-state index >= 15 is 0 Å². The Morgan fingerprint density at radius 3 is 2.52 bits per heavy atom. The minimum absolute atomic E-state index is 0.0490. The molecule has 1 aliphatic heterocycles. The standard InChI is InChI=1S/C16H29N3S2/c1-12(9-15(2,3)4)10-16(5,6)11-18-14-19(13(17)20)7-8-21-14/h10H,7-9,11H2,1-6H3,(H2,17,20)/b12-10+,18-14+. The monoisotopic (exact) mass is 327 g/mol. The largest absolute Gasteiger partial charge is 0.376 e. The van der Waals surface area contributed by atoms with E-state index < -0.39 is 0 Å². The maximum atomic E-state index is 5.73. The molecule has 0 aliphatic carbocycles. The second-order valence-electron chi connectivity index (χ2n) is 7.65. The van der Waals surface area contributed by atoms with Crippen LogP contribution in [0.5, 0.6) is 0 Å². The van der Waals surface area contributed by atoms with E-state index in [1.165, 1.54) is 5.57 Å². The molecule has 0 amide bonds. The number of amidine groups is 1. The van der Waals surface area contributed by atoms with Crippen molar-refractivity contribution < 1.29 is 0 Å². The van der Waals surface area contributed by atoms with Crippen molar-refractivity contribution in [2.24, 2.45) is 21.6 Å². The van der Waals surface area contributed by atoms with Crippen molar-refractivity contribution in [2.75, 3.05) is 18.8 Å². The number of hydrogen-bond acceptors (Lipinski definition) is 3. The fraction of sp³-hybridized carbons (Fsp3) is 0.750. The van der Waals surface area contributed by atoms with Gasteiger partial charge in [-0.25, -0.2) is 0 Å². The van der Waals surface area contributed by atoms with Crippen LogP contribution in [0.15, 0.2) is 16.6 Å². The van der Waals surface area contributed by atoms with Gasteiger partial charge in [-0.2, -0.15) is 0 Å². The summed E-state index contributed by atoms with van der Waals surface area (Å²) >= 11 is 6.80. The molecule has 0 atom stereocenters. The van der Waals surface area contributed by atoms with E-state index in [1.54, 1.807) is 11.8 Å². The SMILES string of the molecule is C/C(=C\C(C)(C)C/N=C1/SCCN1C(N)=S)CC(C)(C)C. The number of nitrogens with zero attached hydrogens (tertiary/aromatic N) is 2. The van der Waals surface area contributed by atoms with Crippen LogP contribution in [0.4, 0.5) is 0 Å². The number of thioether (sulfide) groups is 1. The Labute approximate surface area is 139 Å². The summed E-state index contributed by atoms with van der Waals surface area (Å²) in [4.78, 5) is 6.67. The highest BCUT2D eigenvalue weighted by Gasteiger charge is 2.23. The van der Waals surface area contributed by atoms with Gasteiger partial charge in [0, 0.05) is 17.7 Å². The molecular formula is C16H29N3S2. The number of aliphatic imine (C=N–C) groups is 1. The molecule has 0 bridgehead atoms. The van der Waals surface area contributed by atoms with E-state index in [0.29, 0.717) is 10.5 Å². The van der Waals surface area contributed by atoms with Crippen molar-refractivity contribution in [1.29, 1.82) is 0 Å². The predicted molar refractivity (Wildman–Crippen MR) is 99.9 cm³/mol. The maximum Gasteiger partial charge on any atom is 0.172 e. The lowest BCUT2D eigenvalue weighted by Gasteiger charge is -2.24. The summed E-state index contributed by atoms with van der Waals surface area (Å²) in [5.41, 5.74) is 7.53. The van der Waals surface area contributed by atoms with Gasteiger partial charge in [-0.15, -0.1) is 0 Å². The van der Waals surface area contributed by atoms with Crippen LogP contribution >= 0.6 is 24.0 Å². The Bertz CT molecular complexity index is 445. The molecule has 1 heterocycles. The van der Waals surface area contributed by atoms with Gasteiger partial charge in [0.15, 0.2) is 10.3 Å². The second-order valence-corrected chi connectivity index (χ2v) is 9.13. The molecule has 0 aromatic carbocycles. The molecule has 0 saturated carbocycles. The molecule has 1 fully saturated rings. The molecule has 0 unspecified atom stereocenters. The third-order valence-electron chi connectivity index (χ3n) is 3.11. The van der Waals surface area contributed by atoms with Gasteiger partial charge in [0.2, 0.25) is 0 Å². The molecule has 120 valence electrons. The van der Waals surface area contributed by atoms with Gasteiger partial charge in [0.05, 0.1) is 6.54 Å². The third kappa shape index (κ3) is 6.83. The van der Waals surface area contributed by atoms with Crippen LogP contribution in [0, 0.1) is 10.8 Å². The van der Waals surface area contributed by atoms with Gasteiger partial charge in [0.25, 0.3) is 0 Å². The first-order chi connectivity index (χ1) is 9.50. The topological polar surface area (TPSA) is 41.6 Å². The summed E-state index contributed by atoms with van der Waals surface area (Å²) < 4.78 is 0. The number of hydrogen-bond donors (Lipinski definition) is 1. The van der Waals surface area contributed by atoms with Crippen molar-refractivity contribution in [1.82, 2.24) is 4.90 Å². The van der Waals surface area contributed by atoms with Crippen molar-refractivity contribution in [2.45, 2.75) is 48.0 Å². The molecular weight excluding hydrogens is 298 g/mol.